The zero-order chi connectivity index (χ0) is 21.9. The van der Waals surface area contributed by atoms with Gasteiger partial charge in [-0.15, -0.1) is 0 Å². The molecule has 1 aliphatic rings. The van der Waals surface area contributed by atoms with Gasteiger partial charge in [-0.05, 0) is 19.1 Å². The molecule has 0 radical (unpaired) electrons. The molecule has 3 rings (SSSR count). The van der Waals surface area contributed by atoms with Crippen molar-refractivity contribution in [3.8, 4) is 11.8 Å². The van der Waals surface area contributed by atoms with Gasteiger partial charge < -0.3 is 9.64 Å². The highest BCUT2D eigenvalue weighted by atomic mass is 19.4. The van der Waals surface area contributed by atoms with E-state index in [4.69, 9.17) is 10.00 Å². The highest BCUT2D eigenvalue weighted by Gasteiger charge is 2.40. The van der Waals surface area contributed by atoms with Crippen molar-refractivity contribution in [2.24, 2.45) is 0 Å². The van der Waals surface area contributed by atoms with Crippen molar-refractivity contribution in [3.63, 3.8) is 0 Å². The van der Waals surface area contributed by atoms with Gasteiger partial charge in [0, 0.05) is 37.3 Å². The number of H-pyrrole nitrogens is 1. The molecule has 2 heterocycles. The monoisotopic (exact) mass is 421 g/mol. The number of anilines is 1. The minimum absolute atomic E-state index is 0.0361. The molecule has 1 aromatic heterocycles. The normalized spacial score (nSPS) is 15.2. The highest BCUT2D eigenvalue weighted by Crippen LogP contribution is 2.35. The van der Waals surface area contributed by atoms with Crippen LogP contribution in [0, 0.1) is 11.3 Å². The zero-order valence-corrected chi connectivity index (χ0v) is 16.7. The molecule has 1 unspecified atom stereocenters. The molecular formula is C20H22F3N5O2. The Morgan fingerprint density at radius 2 is 2.17 bits per heavy atom. The van der Waals surface area contributed by atoms with E-state index in [1.807, 2.05) is 6.07 Å². The van der Waals surface area contributed by atoms with Crippen LogP contribution in [0.4, 0.5) is 18.9 Å². The molecular weight excluding hydrogens is 399 g/mol. The lowest BCUT2D eigenvalue weighted by Gasteiger charge is -2.35. The maximum Gasteiger partial charge on any atom is 0.435 e. The molecule has 0 saturated heterocycles. The number of rotatable bonds is 6. The number of alkyl halides is 3. The largest absolute Gasteiger partial charge is 0.495 e. The summed E-state index contributed by atoms with van der Waals surface area (Å²) in [5, 5.41) is 14.9. The number of benzene rings is 1. The minimum atomic E-state index is -4.56. The molecule has 2 aromatic rings. The van der Waals surface area contributed by atoms with Gasteiger partial charge >= 0.3 is 6.18 Å². The summed E-state index contributed by atoms with van der Waals surface area (Å²) in [7, 11) is 1.49. The van der Waals surface area contributed by atoms with Gasteiger partial charge in [-0.3, -0.25) is 14.8 Å². The van der Waals surface area contributed by atoms with Gasteiger partial charge in [0.2, 0.25) is 5.91 Å². The quantitative estimate of drug-likeness (QED) is 0.775. The molecule has 1 atom stereocenters. The smallest absolute Gasteiger partial charge is 0.435 e. The van der Waals surface area contributed by atoms with Crippen molar-refractivity contribution in [2.75, 3.05) is 25.1 Å². The van der Waals surface area contributed by atoms with E-state index in [1.54, 1.807) is 36.1 Å². The molecule has 30 heavy (non-hydrogen) atoms. The fourth-order valence-corrected chi connectivity index (χ4v) is 3.63. The Bertz CT molecular complexity index is 951. The van der Waals surface area contributed by atoms with Gasteiger partial charge in [0.1, 0.15) is 5.75 Å². The lowest BCUT2D eigenvalue weighted by molar-refractivity contribution is -0.142. The standard InChI is InChI=1S/C20H22F3N5O2/c1-13(27-11-8-15-14(12-27)18(26-25-15)20(21,22)23)19(29)28(10-5-9-24)16-6-3-4-7-17(16)30-2/h3-4,6-7,13H,5,8,10-12H2,1-2H3,(H,25,26). The van der Waals surface area contributed by atoms with Crippen LogP contribution in [0.25, 0.3) is 0 Å². The predicted octanol–water partition coefficient (Wildman–Crippen LogP) is 3.13. The summed E-state index contributed by atoms with van der Waals surface area (Å²) in [6.07, 6.45) is -4.11. The number of nitriles is 1. The van der Waals surface area contributed by atoms with Gasteiger partial charge in [0.05, 0.1) is 31.3 Å². The van der Waals surface area contributed by atoms with Crippen molar-refractivity contribution in [2.45, 2.75) is 38.5 Å². The van der Waals surface area contributed by atoms with Crippen LogP contribution < -0.4 is 9.64 Å². The molecule has 0 bridgehead atoms. The summed E-state index contributed by atoms with van der Waals surface area (Å²) in [6, 6.07) is 8.27. The van der Waals surface area contributed by atoms with Crippen molar-refractivity contribution in [3.05, 3.63) is 41.2 Å². The molecule has 0 fully saturated rings. The van der Waals surface area contributed by atoms with Gasteiger partial charge in [-0.25, -0.2) is 0 Å². The van der Waals surface area contributed by atoms with E-state index in [2.05, 4.69) is 10.2 Å². The van der Waals surface area contributed by atoms with E-state index in [1.165, 1.54) is 12.0 Å². The van der Waals surface area contributed by atoms with Crippen LogP contribution in [0.2, 0.25) is 0 Å². The van der Waals surface area contributed by atoms with Gasteiger partial charge in [0.15, 0.2) is 5.69 Å². The summed E-state index contributed by atoms with van der Waals surface area (Å²) < 4.78 is 45.1. The fourth-order valence-electron chi connectivity index (χ4n) is 3.63. The van der Waals surface area contributed by atoms with Crippen molar-refractivity contribution < 1.29 is 22.7 Å². The summed E-state index contributed by atoms with van der Waals surface area (Å²) in [6.45, 7) is 2.19. The fraction of sp³-hybridized carbons (Fsp3) is 0.450. The number of aromatic amines is 1. The maximum atomic E-state index is 13.3. The van der Waals surface area contributed by atoms with Gasteiger partial charge in [0.25, 0.3) is 0 Å². The topological polar surface area (TPSA) is 85.2 Å². The van der Waals surface area contributed by atoms with Crippen LogP contribution in [0.15, 0.2) is 24.3 Å². The predicted molar refractivity (Wildman–Crippen MR) is 103 cm³/mol. The number of carbonyl (C=O) groups is 1. The number of nitrogens with zero attached hydrogens (tertiary/aromatic N) is 4. The third-order valence-electron chi connectivity index (χ3n) is 5.23. The van der Waals surface area contributed by atoms with Crippen LogP contribution in [0.3, 0.4) is 0 Å². The van der Waals surface area contributed by atoms with Crippen molar-refractivity contribution >= 4 is 11.6 Å². The van der Waals surface area contributed by atoms with Crippen LogP contribution in [-0.4, -0.2) is 47.2 Å². The number of hydrogen-bond acceptors (Lipinski definition) is 5. The number of methoxy groups -OCH3 is 1. The second-order valence-electron chi connectivity index (χ2n) is 6.99. The molecule has 10 heteroatoms. The van der Waals surface area contributed by atoms with E-state index >= 15 is 0 Å². The highest BCUT2D eigenvalue weighted by molar-refractivity contribution is 5.98. The second kappa shape index (κ2) is 8.75. The summed E-state index contributed by atoms with van der Waals surface area (Å²) in [5.41, 5.74) is 0.107. The first-order valence-corrected chi connectivity index (χ1v) is 9.46. The first kappa shape index (κ1) is 21.6. The van der Waals surface area contributed by atoms with Crippen LogP contribution >= 0.6 is 0 Å². The summed E-state index contributed by atoms with van der Waals surface area (Å²) in [5.74, 6) is 0.168. The number of aromatic nitrogens is 2. The molecule has 0 spiro atoms. The average molecular weight is 421 g/mol. The van der Waals surface area contributed by atoms with Crippen molar-refractivity contribution in [1.82, 2.24) is 15.1 Å². The molecule has 1 aliphatic heterocycles. The molecule has 1 aromatic carbocycles. The Morgan fingerprint density at radius 3 is 2.83 bits per heavy atom. The molecule has 160 valence electrons. The number of carbonyl (C=O) groups excluding carboxylic acids is 1. The Balaban J connectivity index is 1.86. The first-order valence-electron chi connectivity index (χ1n) is 9.46. The average Bonchev–Trinajstić information content (AvgIpc) is 3.17. The number of halogens is 3. The molecule has 0 aliphatic carbocycles. The van der Waals surface area contributed by atoms with Crippen LogP contribution in [-0.2, 0) is 23.9 Å². The third-order valence-corrected chi connectivity index (χ3v) is 5.23. The third kappa shape index (κ3) is 4.26. The lowest BCUT2D eigenvalue weighted by Crippen LogP contribution is -2.49. The van der Waals surface area contributed by atoms with Crippen molar-refractivity contribution in [1.29, 1.82) is 5.26 Å². The number of fused-ring (bicyclic) bond motifs is 1. The Labute approximate surface area is 172 Å². The summed E-state index contributed by atoms with van der Waals surface area (Å²) in [4.78, 5) is 16.5. The van der Waals surface area contributed by atoms with E-state index < -0.39 is 17.9 Å². The van der Waals surface area contributed by atoms with E-state index in [-0.39, 0.29) is 31.0 Å². The molecule has 0 saturated carbocycles. The Hall–Kier alpha value is -3.06. The van der Waals surface area contributed by atoms with Gasteiger partial charge in [-0.1, -0.05) is 12.1 Å². The SMILES string of the molecule is COc1ccccc1N(CCC#N)C(=O)C(C)N1CCc2[nH]nc(C(F)(F)F)c2C1. The van der Waals surface area contributed by atoms with E-state index in [0.29, 0.717) is 30.1 Å². The van der Waals surface area contributed by atoms with Crippen LogP contribution in [0.1, 0.15) is 30.3 Å². The van der Waals surface area contributed by atoms with E-state index in [9.17, 15) is 18.0 Å². The number of amides is 1. The van der Waals surface area contributed by atoms with Gasteiger partial charge in [-0.2, -0.15) is 23.5 Å². The first-order chi connectivity index (χ1) is 14.3. The van der Waals surface area contributed by atoms with E-state index in [0.717, 1.165) is 0 Å². The van der Waals surface area contributed by atoms with Crippen LogP contribution in [0.5, 0.6) is 5.75 Å². The lowest BCUT2D eigenvalue weighted by atomic mass is 10.0. The number of ether oxygens (including phenoxy) is 1. The maximum absolute atomic E-state index is 13.3. The number of hydrogen-bond donors (Lipinski definition) is 1. The number of nitrogens with one attached hydrogen (secondary N) is 1. The Kier molecular flexibility index (Phi) is 6.31. The number of para-hydroxylation sites is 2. The molecule has 7 nitrogen and oxygen atoms in total. The second-order valence-corrected chi connectivity index (χ2v) is 6.99. The Morgan fingerprint density at radius 1 is 1.43 bits per heavy atom. The minimum Gasteiger partial charge on any atom is -0.495 e. The molecule has 1 amide bonds. The molecule has 1 N–H and O–H groups in total. The summed E-state index contributed by atoms with van der Waals surface area (Å²) >= 11 is 0. The zero-order valence-electron chi connectivity index (χ0n) is 16.7.